The van der Waals surface area contributed by atoms with Crippen LogP contribution in [0, 0.1) is 0 Å². The summed E-state index contributed by atoms with van der Waals surface area (Å²) in [4.78, 5) is 8.31. The largest absolute Gasteiger partial charge is 0.309 e. The molecule has 0 saturated carbocycles. The molecule has 0 aliphatic carbocycles. The van der Waals surface area contributed by atoms with E-state index in [1.807, 2.05) is 49.1 Å². The number of fused-ring (bicyclic) bond motifs is 5. The van der Waals surface area contributed by atoms with Gasteiger partial charge in [0.2, 0.25) is 0 Å². The van der Waals surface area contributed by atoms with Crippen molar-refractivity contribution in [1.82, 2.24) is 14.5 Å². The van der Waals surface area contributed by atoms with Crippen LogP contribution >= 0.6 is 0 Å². The van der Waals surface area contributed by atoms with Crippen LogP contribution < -0.4 is 0 Å². The number of hydrogen-bond acceptors (Lipinski definition) is 2. The lowest BCUT2D eigenvalue weighted by atomic mass is 9.97. The zero-order chi connectivity index (χ0) is 31.2. The van der Waals surface area contributed by atoms with Crippen LogP contribution in [0.3, 0.4) is 0 Å². The zero-order valence-electron chi connectivity index (χ0n) is 25.6. The van der Waals surface area contributed by atoms with Crippen LogP contribution in [0.4, 0.5) is 0 Å². The maximum atomic E-state index is 4.16. The van der Waals surface area contributed by atoms with E-state index in [2.05, 4.69) is 142 Å². The van der Waals surface area contributed by atoms with Crippen molar-refractivity contribution in [2.75, 3.05) is 0 Å². The molecule has 3 heteroatoms. The SMILES string of the molecule is c1ccc(-n2c3cc(-c4ccc(-c5ccncc5)cc4)ccc3c3ccc4cc(-c5ccc(-c6ccncc6)cc5)ccc4c32)cc1. The second-order valence-electron chi connectivity index (χ2n) is 11.9. The van der Waals surface area contributed by atoms with Crippen molar-refractivity contribution in [3.05, 3.63) is 176 Å². The normalized spacial score (nSPS) is 11.4. The maximum Gasteiger partial charge on any atom is 0.0619 e. The fourth-order valence-corrected chi connectivity index (χ4v) is 6.84. The summed E-state index contributed by atoms with van der Waals surface area (Å²) in [5.41, 5.74) is 13.1. The van der Waals surface area contributed by atoms with Crippen molar-refractivity contribution in [1.29, 1.82) is 0 Å². The van der Waals surface area contributed by atoms with Crippen LogP contribution in [-0.4, -0.2) is 14.5 Å². The van der Waals surface area contributed by atoms with Gasteiger partial charge in [0.05, 0.1) is 11.0 Å². The highest BCUT2D eigenvalue weighted by Crippen LogP contribution is 2.39. The standard InChI is InChI=1S/C44H29N3/c1-2-4-39(5-3-1)47-43-29-37(33-12-8-31(9-13-33)35-22-26-46-27-23-35)15-18-41(43)42-19-16-38-28-36(14-17-40(38)44(42)47)32-10-6-30(7-11-32)34-20-24-45-25-21-34/h1-29H. The number of benzene rings is 6. The van der Waals surface area contributed by atoms with E-state index in [0.29, 0.717) is 0 Å². The average molecular weight is 600 g/mol. The number of hydrogen-bond donors (Lipinski definition) is 0. The van der Waals surface area contributed by atoms with Crippen molar-refractivity contribution in [2.24, 2.45) is 0 Å². The van der Waals surface area contributed by atoms with Gasteiger partial charge in [0.15, 0.2) is 0 Å². The summed E-state index contributed by atoms with van der Waals surface area (Å²) < 4.78 is 2.44. The lowest BCUT2D eigenvalue weighted by molar-refractivity contribution is 1.19. The van der Waals surface area contributed by atoms with Gasteiger partial charge in [-0.3, -0.25) is 9.97 Å². The van der Waals surface area contributed by atoms with Crippen LogP contribution in [0.15, 0.2) is 176 Å². The first kappa shape index (κ1) is 27.0. The van der Waals surface area contributed by atoms with E-state index in [1.165, 1.54) is 77.1 Å². The number of rotatable bonds is 5. The molecule has 0 unspecified atom stereocenters. The fraction of sp³-hybridized carbons (Fsp3) is 0. The van der Waals surface area contributed by atoms with Crippen molar-refractivity contribution in [3.8, 4) is 50.2 Å². The highest BCUT2D eigenvalue weighted by Gasteiger charge is 2.16. The topological polar surface area (TPSA) is 30.7 Å². The number of aromatic nitrogens is 3. The Balaban J connectivity index is 1.18. The Kier molecular flexibility index (Phi) is 6.46. The maximum absolute atomic E-state index is 4.16. The summed E-state index contributed by atoms with van der Waals surface area (Å²) in [5.74, 6) is 0. The first-order valence-corrected chi connectivity index (χ1v) is 15.9. The average Bonchev–Trinajstić information content (AvgIpc) is 3.50. The molecule has 0 aliphatic rings. The van der Waals surface area contributed by atoms with Crippen LogP contribution in [0.2, 0.25) is 0 Å². The molecule has 0 N–H and O–H groups in total. The molecule has 9 rings (SSSR count). The molecule has 0 fully saturated rings. The quantitative estimate of drug-likeness (QED) is 0.197. The van der Waals surface area contributed by atoms with Crippen molar-refractivity contribution < 1.29 is 0 Å². The minimum atomic E-state index is 1.15. The molecule has 0 radical (unpaired) electrons. The molecule has 3 aromatic heterocycles. The Morgan fingerprint density at radius 3 is 1.36 bits per heavy atom. The van der Waals surface area contributed by atoms with Gasteiger partial charge in [-0.25, -0.2) is 0 Å². The van der Waals surface area contributed by atoms with E-state index < -0.39 is 0 Å². The molecule has 0 amide bonds. The van der Waals surface area contributed by atoms with Gasteiger partial charge in [0.25, 0.3) is 0 Å². The van der Waals surface area contributed by atoms with Crippen LogP contribution in [0.5, 0.6) is 0 Å². The summed E-state index contributed by atoms with van der Waals surface area (Å²) >= 11 is 0. The van der Waals surface area contributed by atoms with Gasteiger partial charge in [0, 0.05) is 46.6 Å². The first-order chi connectivity index (χ1) is 23.3. The summed E-state index contributed by atoms with van der Waals surface area (Å²) in [6.07, 6.45) is 7.35. The molecule has 3 nitrogen and oxygen atoms in total. The predicted octanol–water partition coefficient (Wildman–Crippen LogP) is 11.4. The Hall–Kier alpha value is -6.32. The molecule has 6 aromatic carbocycles. The third kappa shape index (κ3) is 4.77. The fourth-order valence-electron chi connectivity index (χ4n) is 6.84. The minimum Gasteiger partial charge on any atom is -0.309 e. The summed E-state index contributed by atoms with van der Waals surface area (Å²) in [7, 11) is 0. The summed E-state index contributed by atoms with van der Waals surface area (Å²) in [5, 5.41) is 4.96. The van der Waals surface area contributed by atoms with Gasteiger partial charge in [-0.2, -0.15) is 0 Å². The second kappa shape index (κ2) is 11.2. The van der Waals surface area contributed by atoms with Crippen molar-refractivity contribution in [2.45, 2.75) is 0 Å². The van der Waals surface area contributed by atoms with Crippen LogP contribution in [-0.2, 0) is 0 Å². The Labute approximate surface area is 273 Å². The van der Waals surface area contributed by atoms with E-state index >= 15 is 0 Å². The summed E-state index contributed by atoms with van der Waals surface area (Å²) in [6, 6.07) is 54.8. The van der Waals surface area contributed by atoms with Gasteiger partial charge < -0.3 is 4.57 Å². The highest BCUT2D eigenvalue weighted by atomic mass is 15.0. The van der Waals surface area contributed by atoms with E-state index in [-0.39, 0.29) is 0 Å². The van der Waals surface area contributed by atoms with Gasteiger partial charge in [-0.1, -0.05) is 103 Å². The third-order valence-electron chi connectivity index (χ3n) is 9.22. The van der Waals surface area contributed by atoms with E-state index in [0.717, 1.165) is 5.69 Å². The van der Waals surface area contributed by atoms with Gasteiger partial charge in [-0.15, -0.1) is 0 Å². The summed E-state index contributed by atoms with van der Waals surface area (Å²) in [6.45, 7) is 0. The lowest BCUT2D eigenvalue weighted by Crippen LogP contribution is -1.94. The number of pyridine rings is 2. The highest BCUT2D eigenvalue weighted by molar-refractivity contribution is 6.19. The van der Waals surface area contributed by atoms with Crippen molar-refractivity contribution >= 4 is 32.6 Å². The molecule has 0 saturated heterocycles. The molecule has 47 heavy (non-hydrogen) atoms. The molecular weight excluding hydrogens is 571 g/mol. The number of nitrogens with zero attached hydrogens (tertiary/aromatic N) is 3. The molecule has 9 aromatic rings. The zero-order valence-corrected chi connectivity index (χ0v) is 25.6. The molecule has 0 bridgehead atoms. The van der Waals surface area contributed by atoms with Gasteiger partial charge in [0.1, 0.15) is 0 Å². The van der Waals surface area contributed by atoms with Crippen molar-refractivity contribution in [3.63, 3.8) is 0 Å². The molecule has 3 heterocycles. The molecule has 0 aliphatic heterocycles. The Bertz CT molecular complexity index is 2520. The molecule has 0 atom stereocenters. The van der Waals surface area contributed by atoms with Crippen LogP contribution in [0.1, 0.15) is 0 Å². The van der Waals surface area contributed by atoms with Crippen LogP contribution in [0.25, 0.3) is 82.8 Å². The Morgan fingerprint density at radius 1 is 0.340 bits per heavy atom. The van der Waals surface area contributed by atoms with E-state index in [9.17, 15) is 0 Å². The smallest absolute Gasteiger partial charge is 0.0619 e. The second-order valence-corrected chi connectivity index (χ2v) is 11.9. The monoisotopic (exact) mass is 599 g/mol. The number of para-hydroxylation sites is 1. The molecular formula is C44H29N3. The molecule has 0 spiro atoms. The third-order valence-corrected chi connectivity index (χ3v) is 9.22. The first-order valence-electron chi connectivity index (χ1n) is 15.9. The van der Waals surface area contributed by atoms with E-state index in [1.54, 1.807) is 0 Å². The molecule has 220 valence electrons. The minimum absolute atomic E-state index is 1.15. The predicted molar refractivity (Wildman–Crippen MR) is 196 cm³/mol. The van der Waals surface area contributed by atoms with E-state index in [4.69, 9.17) is 0 Å². The lowest BCUT2D eigenvalue weighted by Gasteiger charge is -2.12. The Morgan fingerprint density at radius 2 is 0.787 bits per heavy atom. The van der Waals surface area contributed by atoms with Gasteiger partial charge >= 0.3 is 0 Å². The van der Waals surface area contributed by atoms with Gasteiger partial charge in [-0.05, 0) is 98.4 Å².